The van der Waals surface area contributed by atoms with E-state index in [0.29, 0.717) is 30.6 Å². The number of amides is 1. The number of unbranched alkanes of at least 4 members (excludes halogenated alkanes) is 17. The molecule has 4 N–H and O–H groups in total. The molecule has 4 fully saturated rings. The molecule has 296 valence electrons. The lowest BCUT2D eigenvalue weighted by Crippen LogP contribution is -2.63. The third-order valence-electron chi connectivity index (χ3n) is 15.5. The molecule has 6 nitrogen and oxygen atoms in total. The van der Waals surface area contributed by atoms with E-state index in [-0.39, 0.29) is 53.1 Å². The fourth-order valence-corrected chi connectivity index (χ4v) is 12.3. The number of carbonyl (C=O) groups excluding carboxylic acids is 1. The van der Waals surface area contributed by atoms with Crippen LogP contribution >= 0.6 is 0 Å². The monoisotopic (exact) mass is 716 g/mol. The molecule has 0 aromatic heterocycles. The van der Waals surface area contributed by atoms with Gasteiger partial charge in [0, 0.05) is 18.9 Å². The molecule has 0 bridgehead atoms. The number of carboxylic acids is 1. The minimum Gasteiger partial charge on any atom is -0.481 e. The van der Waals surface area contributed by atoms with Crippen molar-refractivity contribution >= 4 is 11.9 Å². The Morgan fingerprint density at radius 1 is 0.706 bits per heavy atom. The maximum atomic E-state index is 13.0. The van der Waals surface area contributed by atoms with Crippen LogP contribution in [0.4, 0.5) is 0 Å². The number of rotatable bonds is 24. The quantitative estimate of drug-likeness (QED) is 0.0744. The number of hydrogen-bond acceptors (Lipinski definition) is 4. The molecule has 4 saturated carbocycles. The number of carbonyl (C=O) groups is 2. The van der Waals surface area contributed by atoms with Crippen molar-refractivity contribution in [3.05, 3.63) is 0 Å². The summed E-state index contributed by atoms with van der Waals surface area (Å²) in [5.74, 6) is 1.14. The van der Waals surface area contributed by atoms with E-state index in [0.717, 1.165) is 57.8 Å². The van der Waals surface area contributed by atoms with Gasteiger partial charge in [-0.3, -0.25) is 9.59 Å². The van der Waals surface area contributed by atoms with Crippen LogP contribution in [0.5, 0.6) is 0 Å². The molecule has 0 saturated heterocycles. The highest BCUT2D eigenvalue weighted by molar-refractivity contribution is 5.76. The van der Waals surface area contributed by atoms with Crippen molar-refractivity contribution < 1.29 is 24.9 Å². The topological polar surface area (TPSA) is 107 Å². The average Bonchev–Trinajstić information content (AvgIpc) is 3.46. The van der Waals surface area contributed by atoms with E-state index >= 15 is 0 Å². The van der Waals surface area contributed by atoms with Gasteiger partial charge in [-0.05, 0) is 104 Å². The SMILES string of the molecule is CCCCCCCCCCCCCCCCCCCCC(=O)N[C@H]1CC[C@]2(C)C3C[C@H](O)[C@@]4(C)C(CC[C@@H]4[C@H](C)CCC(=O)O)C3C(O)C[C@@H]2C1. The molecule has 4 rings (SSSR count). The van der Waals surface area contributed by atoms with Crippen LogP contribution in [-0.4, -0.2) is 45.4 Å². The van der Waals surface area contributed by atoms with Crippen LogP contribution in [0.15, 0.2) is 0 Å². The van der Waals surface area contributed by atoms with Gasteiger partial charge in [0.15, 0.2) is 0 Å². The van der Waals surface area contributed by atoms with E-state index in [4.69, 9.17) is 0 Å². The van der Waals surface area contributed by atoms with E-state index in [1.54, 1.807) is 0 Å². The molecular formula is C45H81NO5. The summed E-state index contributed by atoms with van der Waals surface area (Å²) in [6, 6.07) is 0.194. The first-order valence-electron chi connectivity index (χ1n) is 22.4. The highest BCUT2D eigenvalue weighted by Gasteiger charge is 2.65. The number of hydrogen-bond donors (Lipinski definition) is 4. The maximum absolute atomic E-state index is 13.0. The van der Waals surface area contributed by atoms with Crippen molar-refractivity contribution in [3.63, 3.8) is 0 Å². The molecular weight excluding hydrogens is 634 g/mol. The normalized spacial score (nSPS) is 35.1. The Bertz CT molecular complexity index is 1030. The molecule has 4 aliphatic carbocycles. The molecule has 0 heterocycles. The number of nitrogens with one attached hydrogen (secondary N) is 1. The lowest BCUT2D eigenvalue weighted by atomic mass is 9.43. The predicted molar refractivity (Wildman–Crippen MR) is 209 cm³/mol. The summed E-state index contributed by atoms with van der Waals surface area (Å²) in [7, 11) is 0. The Morgan fingerprint density at radius 3 is 1.80 bits per heavy atom. The summed E-state index contributed by atoms with van der Waals surface area (Å²) in [6.07, 6.45) is 31.6. The standard InChI is InChI=1S/C45H81NO5/c1-5-6-7-8-9-10-11-12-13-14-15-16-17-18-19-20-21-22-23-41(49)46-35-28-29-44(3)34(30-35)31-39(47)43-37-26-25-36(33(2)24-27-42(50)51)45(37,4)40(48)32-38(43)44/h33-40,43,47-48H,5-32H2,1-4H3,(H,46,49)(H,50,51)/t33-,34+,35+,36-,37?,38?,39?,40+,43?,44+,45-/m1/s1. The molecule has 0 spiro atoms. The largest absolute Gasteiger partial charge is 0.481 e. The average molecular weight is 716 g/mol. The van der Waals surface area contributed by atoms with Crippen molar-refractivity contribution in [3.8, 4) is 0 Å². The van der Waals surface area contributed by atoms with E-state index in [1.807, 2.05) is 0 Å². The second-order valence-corrected chi connectivity index (χ2v) is 18.8. The smallest absolute Gasteiger partial charge is 0.303 e. The number of aliphatic hydroxyl groups excluding tert-OH is 2. The van der Waals surface area contributed by atoms with Crippen LogP contribution in [0.3, 0.4) is 0 Å². The maximum Gasteiger partial charge on any atom is 0.303 e. The zero-order chi connectivity index (χ0) is 36.9. The zero-order valence-corrected chi connectivity index (χ0v) is 33.7. The molecule has 0 aromatic carbocycles. The van der Waals surface area contributed by atoms with Crippen LogP contribution in [-0.2, 0) is 9.59 Å². The molecule has 11 atom stereocenters. The first kappa shape index (κ1) is 42.6. The van der Waals surface area contributed by atoms with Crippen LogP contribution in [0.2, 0.25) is 0 Å². The van der Waals surface area contributed by atoms with Gasteiger partial charge in [-0.1, -0.05) is 137 Å². The van der Waals surface area contributed by atoms with Crippen molar-refractivity contribution in [2.45, 2.75) is 226 Å². The van der Waals surface area contributed by atoms with Crippen molar-refractivity contribution in [1.82, 2.24) is 5.32 Å². The van der Waals surface area contributed by atoms with Gasteiger partial charge < -0.3 is 20.6 Å². The Hall–Kier alpha value is -1.14. The summed E-state index contributed by atoms with van der Waals surface area (Å²) < 4.78 is 0. The Labute approximate surface area is 313 Å². The fourth-order valence-electron chi connectivity index (χ4n) is 12.3. The van der Waals surface area contributed by atoms with Gasteiger partial charge in [0.25, 0.3) is 0 Å². The number of fused-ring (bicyclic) bond motifs is 5. The zero-order valence-electron chi connectivity index (χ0n) is 33.7. The number of aliphatic carboxylic acids is 1. The predicted octanol–water partition coefficient (Wildman–Crippen LogP) is 11.0. The van der Waals surface area contributed by atoms with E-state index in [2.05, 4.69) is 33.0 Å². The molecule has 1 amide bonds. The van der Waals surface area contributed by atoms with Crippen molar-refractivity contribution in [2.75, 3.05) is 0 Å². The molecule has 4 aliphatic rings. The van der Waals surface area contributed by atoms with Gasteiger partial charge in [0.2, 0.25) is 5.91 Å². The first-order chi connectivity index (χ1) is 24.5. The van der Waals surface area contributed by atoms with Gasteiger partial charge in [-0.2, -0.15) is 0 Å². The molecule has 0 aromatic rings. The summed E-state index contributed by atoms with van der Waals surface area (Å²) in [4.78, 5) is 24.2. The van der Waals surface area contributed by atoms with Crippen molar-refractivity contribution in [2.24, 2.45) is 46.3 Å². The lowest BCUT2D eigenvalue weighted by Gasteiger charge is -2.63. The minimum atomic E-state index is -0.746. The highest BCUT2D eigenvalue weighted by Crippen LogP contribution is 2.68. The molecule has 6 heteroatoms. The Kier molecular flexibility index (Phi) is 17.6. The highest BCUT2D eigenvalue weighted by atomic mass is 16.4. The Morgan fingerprint density at radius 2 is 1.25 bits per heavy atom. The van der Waals surface area contributed by atoms with Gasteiger partial charge in [0.05, 0.1) is 12.2 Å². The number of aliphatic hydroxyl groups is 2. The number of carboxylic acid groups (broad SMARTS) is 1. The van der Waals surface area contributed by atoms with Crippen LogP contribution in [0, 0.1) is 46.3 Å². The van der Waals surface area contributed by atoms with Crippen LogP contribution in [0.1, 0.15) is 207 Å². The lowest BCUT2D eigenvalue weighted by molar-refractivity contribution is -0.202. The molecule has 51 heavy (non-hydrogen) atoms. The summed E-state index contributed by atoms with van der Waals surface area (Å²) in [6.45, 7) is 9.14. The summed E-state index contributed by atoms with van der Waals surface area (Å²) in [5, 5.41) is 36.2. The van der Waals surface area contributed by atoms with Gasteiger partial charge >= 0.3 is 5.97 Å². The fraction of sp³-hybridized carbons (Fsp3) is 0.956. The molecule has 0 radical (unpaired) electrons. The van der Waals surface area contributed by atoms with Gasteiger partial charge in [-0.15, -0.1) is 0 Å². The van der Waals surface area contributed by atoms with E-state index in [9.17, 15) is 24.9 Å². The van der Waals surface area contributed by atoms with Crippen LogP contribution < -0.4 is 5.32 Å². The van der Waals surface area contributed by atoms with E-state index < -0.39 is 12.1 Å². The Balaban J connectivity index is 1.08. The second kappa shape index (κ2) is 21.1. The van der Waals surface area contributed by atoms with Crippen molar-refractivity contribution in [1.29, 1.82) is 0 Å². The summed E-state index contributed by atoms with van der Waals surface area (Å²) >= 11 is 0. The van der Waals surface area contributed by atoms with Gasteiger partial charge in [0.1, 0.15) is 0 Å². The second-order valence-electron chi connectivity index (χ2n) is 18.8. The third kappa shape index (κ3) is 11.4. The van der Waals surface area contributed by atoms with Crippen LogP contribution in [0.25, 0.3) is 0 Å². The third-order valence-corrected chi connectivity index (χ3v) is 15.5. The minimum absolute atomic E-state index is 0.0771. The molecule has 4 unspecified atom stereocenters. The van der Waals surface area contributed by atoms with Gasteiger partial charge in [-0.25, -0.2) is 0 Å². The first-order valence-corrected chi connectivity index (χ1v) is 22.4. The van der Waals surface area contributed by atoms with E-state index in [1.165, 1.54) is 103 Å². The molecule has 0 aliphatic heterocycles. The summed E-state index contributed by atoms with van der Waals surface area (Å²) in [5.41, 5.74) is -0.186.